The standard InChI is InChI=1S/C26H25FN4O4S/c1-36(33,34)35-21-9-6-18(7-10-21)25-28-23-11-8-19(16-24(23)29-25)26(32)31-14-12-30(13-15-31)17-20-4-2-3-5-22(20)27/h2-11,16H,12-15,17H2,1H3,(H,28,29). The highest BCUT2D eigenvalue weighted by Gasteiger charge is 2.23. The lowest BCUT2D eigenvalue weighted by Gasteiger charge is -2.34. The highest BCUT2D eigenvalue weighted by atomic mass is 32.2. The van der Waals surface area contributed by atoms with E-state index in [1.165, 1.54) is 6.07 Å². The average molecular weight is 509 g/mol. The van der Waals surface area contributed by atoms with Crippen LogP contribution in [0.4, 0.5) is 4.39 Å². The Labute approximate surface area is 208 Å². The molecule has 8 nitrogen and oxygen atoms in total. The molecule has 0 radical (unpaired) electrons. The molecule has 1 aromatic heterocycles. The van der Waals surface area contributed by atoms with E-state index >= 15 is 0 Å². The van der Waals surface area contributed by atoms with E-state index in [1.807, 2.05) is 11.0 Å². The van der Waals surface area contributed by atoms with Crippen molar-refractivity contribution in [2.24, 2.45) is 0 Å². The van der Waals surface area contributed by atoms with Crippen LogP contribution < -0.4 is 4.18 Å². The molecule has 36 heavy (non-hydrogen) atoms. The van der Waals surface area contributed by atoms with Crippen LogP contribution in [-0.2, 0) is 16.7 Å². The number of fused-ring (bicyclic) bond motifs is 1. The van der Waals surface area contributed by atoms with Crippen molar-refractivity contribution >= 4 is 27.1 Å². The number of halogens is 1. The number of hydrogen-bond donors (Lipinski definition) is 1. The molecular weight excluding hydrogens is 483 g/mol. The molecule has 186 valence electrons. The van der Waals surface area contributed by atoms with Gasteiger partial charge in [0.1, 0.15) is 17.4 Å². The van der Waals surface area contributed by atoms with Crippen LogP contribution in [0.15, 0.2) is 66.7 Å². The summed E-state index contributed by atoms with van der Waals surface area (Å²) in [4.78, 5) is 24.9. The molecule has 1 aliphatic rings. The molecule has 1 amide bonds. The predicted molar refractivity (Wildman–Crippen MR) is 135 cm³/mol. The number of imidazole rings is 1. The first-order valence-corrected chi connectivity index (χ1v) is 13.3. The average Bonchev–Trinajstić information content (AvgIpc) is 3.28. The van der Waals surface area contributed by atoms with E-state index in [0.29, 0.717) is 55.2 Å². The molecule has 0 saturated carbocycles. The quantitative estimate of drug-likeness (QED) is 0.400. The van der Waals surface area contributed by atoms with Crippen LogP contribution in [0.25, 0.3) is 22.4 Å². The van der Waals surface area contributed by atoms with Gasteiger partial charge in [-0.1, -0.05) is 18.2 Å². The lowest BCUT2D eigenvalue weighted by Crippen LogP contribution is -2.48. The Morgan fingerprint density at radius 3 is 2.44 bits per heavy atom. The molecule has 1 fully saturated rings. The minimum absolute atomic E-state index is 0.0548. The van der Waals surface area contributed by atoms with Crippen molar-refractivity contribution in [2.45, 2.75) is 6.54 Å². The Morgan fingerprint density at radius 1 is 1.03 bits per heavy atom. The van der Waals surface area contributed by atoms with Gasteiger partial charge in [0.25, 0.3) is 5.91 Å². The second kappa shape index (κ2) is 9.71. The number of carbonyl (C=O) groups excluding carboxylic acids is 1. The van der Waals surface area contributed by atoms with Gasteiger partial charge in [-0.15, -0.1) is 0 Å². The number of aromatic amines is 1. The van der Waals surface area contributed by atoms with E-state index < -0.39 is 10.1 Å². The summed E-state index contributed by atoms with van der Waals surface area (Å²) in [5, 5.41) is 0. The Kier molecular flexibility index (Phi) is 6.46. The number of benzene rings is 3. The van der Waals surface area contributed by atoms with Crippen molar-refractivity contribution in [1.82, 2.24) is 19.8 Å². The first-order valence-electron chi connectivity index (χ1n) is 11.5. The van der Waals surface area contributed by atoms with E-state index in [1.54, 1.807) is 54.6 Å². The van der Waals surface area contributed by atoms with Crippen LogP contribution >= 0.6 is 0 Å². The number of rotatable bonds is 6. The zero-order valence-corrected chi connectivity index (χ0v) is 20.5. The SMILES string of the molecule is CS(=O)(=O)Oc1ccc(-c2nc3ccc(C(=O)N4CCN(Cc5ccccc5F)CC4)cc3[nH]2)cc1. The summed E-state index contributed by atoms with van der Waals surface area (Å²) in [5.41, 5.74) is 3.43. The van der Waals surface area contributed by atoms with Crippen LogP contribution in [-0.4, -0.2) is 66.5 Å². The molecule has 0 aliphatic carbocycles. The number of carbonyl (C=O) groups is 1. The number of aromatic nitrogens is 2. The second-order valence-corrected chi connectivity index (χ2v) is 10.4. The largest absolute Gasteiger partial charge is 0.383 e. The topological polar surface area (TPSA) is 95.6 Å². The third kappa shape index (κ3) is 5.39. The molecule has 0 atom stereocenters. The number of nitrogens with zero attached hydrogens (tertiary/aromatic N) is 3. The molecule has 2 heterocycles. The van der Waals surface area contributed by atoms with E-state index in [-0.39, 0.29) is 17.5 Å². The third-order valence-electron chi connectivity index (χ3n) is 6.12. The number of nitrogens with one attached hydrogen (secondary N) is 1. The summed E-state index contributed by atoms with van der Waals surface area (Å²) in [6.07, 6.45) is 0.991. The van der Waals surface area contributed by atoms with Gasteiger partial charge in [0.15, 0.2) is 0 Å². The maximum atomic E-state index is 14.0. The van der Waals surface area contributed by atoms with Gasteiger partial charge >= 0.3 is 10.1 Å². The summed E-state index contributed by atoms with van der Waals surface area (Å²) in [7, 11) is -3.59. The summed E-state index contributed by atoms with van der Waals surface area (Å²) < 4.78 is 41.4. The predicted octanol–water partition coefficient (Wildman–Crippen LogP) is 3.67. The van der Waals surface area contributed by atoms with Gasteiger partial charge in [-0.3, -0.25) is 9.69 Å². The second-order valence-electron chi connectivity index (χ2n) is 8.79. The zero-order chi connectivity index (χ0) is 25.3. The molecule has 4 aromatic rings. The molecule has 1 N–H and O–H groups in total. The lowest BCUT2D eigenvalue weighted by molar-refractivity contribution is 0.0627. The van der Waals surface area contributed by atoms with Crippen LogP contribution in [0.5, 0.6) is 5.75 Å². The summed E-state index contributed by atoms with van der Waals surface area (Å²) >= 11 is 0. The maximum absolute atomic E-state index is 14.0. The molecule has 0 spiro atoms. The highest BCUT2D eigenvalue weighted by Crippen LogP contribution is 2.24. The molecular formula is C26H25FN4O4S. The van der Waals surface area contributed by atoms with E-state index in [4.69, 9.17) is 4.18 Å². The molecule has 1 saturated heterocycles. The minimum Gasteiger partial charge on any atom is -0.383 e. The fourth-order valence-corrected chi connectivity index (χ4v) is 4.74. The van der Waals surface area contributed by atoms with Gasteiger partial charge in [-0.2, -0.15) is 8.42 Å². The van der Waals surface area contributed by atoms with Gasteiger partial charge in [-0.25, -0.2) is 9.37 Å². The lowest BCUT2D eigenvalue weighted by atomic mass is 10.1. The van der Waals surface area contributed by atoms with Gasteiger partial charge in [-0.05, 0) is 48.5 Å². The van der Waals surface area contributed by atoms with Gasteiger partial charge in [0.05, 0.1) is 17.3 Å². The number of H-pyrrole nitrogens is 1. The van der Waals surface area contributed by atoms with E-state index in [9.17, 15) is 17.6 Å². The summed E-state index contributed by atoms with van der Waals surface area (Å²) in [5.74, 6) is 0.559. The van der Waals surface area contributed by atoms with E-state index in [2.05, 4.69) is 14.9 Å². The van der Waals surface area contributed by atoms with Crippen molar-refractivity contribution in [3.05, 3.63) is 83.7 Å². The minimum atomic E-state index is -3.59. The molecule has 1 aliphatic heterocycles. The first-order chi connectivity index (χ1) is 17.2. The Hall–Kier alpha value is -3.76. The number of amides is 1. The van der Waals surface area contributed by atoms with Crippen molar-refractivity contribution in [3.63, 3.8) is 0 Å². The fourth-order valence-electron chi connectivity index (χ4n) is 4.28. The van der Waals surface area contributed by atoms with Crippen molar-refractivity contribution < 1.29 is 21.8 Å². The maximum Gasteiger partial charge on any atom is 0.306 e. The summed E-state index contributed by atoms with van der Waals surface area (Å²) in [6, 6.07) is 18.7. The number of piperazine rings is 1. The van der Waals surface area contributed by atoms with Crippen LogP contribution in [0.1, 0.15) is 15.9 Å². The summed E-state index contributed by atoms with van der Waals surface area (Å²) in [6.45, 7) is 3.02. The monoisotopic (exact) mass is 508 g/mol. The first kappa shape index (κ1) is 24.0. The van der Waals surface area contributed by atoms with Gasteiger partial charge < -0.3 is 14.1 Å². The van der Waals surface area contributed by atoms with Crippen molar-refractivity contribution in [3.8, 4) is 17.1 Å². The van der Waals surface area contributed by atoms with Crippen molar-refractivity contribution in [1.29, 1.82) is 0 Å². The molecule has 10 heteroatoms. The van der Waals surface area contributed by atoms with Gasteiger partial charge in [0.2, 0.25) is 0 Å². The molecule has 3 aromatic carbocycles. The van der Waals surface area contributed by atoms with Crippen LogP contribution in [0, 0.1) is 5.82 Å². The van der Waals surface area contributed by atoms with Gasteiger partial charge in [0, 0.05) is 49.4 Å². The Balaban J connectivity index is 1.25. The molecule has 0 bridgehead atoms. The van der Waals surface area contributed by atoms with Crippen LogP contribution in [0.2, 0.25) is 0 Å². The zero-order valence-electron chi connectivity index (χ0n) is 19.6. The third-order valence-corrected chi connectivity index (χ3v) is 6.61. The highest BCUT2D eigenvalue weighted by molar-refractivity contribution is 7.86. The smallest absolute Gasteiger partial charge is 0.306 e. The normalized spacial score (nSPS) is 14.8. The fraction of sp³-hybridized carbons (Fsp3) is 0.231. The Bertz CT molecular complexity index is 1510. The molecule has 0 unspecified atom stereocenters. The molecule has 5 rings (SSSR count). The van der Waals surface area contributed by atoms with E-state index in [0.717, 1.165) is 17.3 Å². The van der Waals surface area contributed by atoms with Crippen molar-refractivity contribution in [2.75, 3.05) is 32.4 Å². The Morgan fingerprint density at radius 2 is 1.75 bits per heavy atom. The number of hydrogen-bond acceptors (Lipinski definition) is 6. The van der Waals surface area contributed by atoms with Crippen LogP contribution in [0.3, 0.4) is 0 Å².